The van der Waals surface area contributed by atoms with Crippen LogP contribution in [0.1, 0.15) is 38.8 Å². The van der Waals surface area contributed by atoms with E-state index in [0.29, 0.717) is 12.1 Å². The standard InChI is InChI=1S/C22H28FNO5S/c1-15(2)22(25)24(13-17-6-9-19(23)10-7-17)14-18-8-11-20(28-5)21(12-18)29-30(26,27)16(3)4/h6-12,15-16H,13-14H2,1-5H3. The molecule has 164 valence electrons. The van der Waals surface area contributed by atoms with Crippen molar-refractivity contribution in [2.45, 2.75) is 46.0 Å². The van der Waals surface area contributed by atoms with Crippen LogP contribution in [-0.2, 0) is 28.0 Å². The normalized spacial score (nSPS) is 11.6. The molecule has 0 bridgehead atoms. The molecule has 0 saturated carbocycles. The lowest BCUT2D eigenvalue weighted by atomic mass is 10.1. The summed E-state index contributed by atoms with van der Waals surface area (Å²) in [6.45, 7) is 7.19. The molecule has 0 N–H and O–H groups in total. The first-order valence-electron chi connectivity index (χ1n) is 9.67. The van der Waals surface area contributed by atoms with Crippen molar-refractivity contribution in [3.05, 3.63) is 59.4 Å². The predicted octanol–water partition coefficient (Wildman–Crippen LogP) is 4.14. The summed E-state index contributed by atoms with van der Waals surface area (Å²) in [7, 11) is -2.38. The molecule has 0 aliphatic rings. The Balaban J connectivity index is 2.33. The number of carbonyl (C=O) groups is 1. The molecule has 0 aliphatic carbocycles. The fraction of sp³-hybridized carbons (Fsp3) is 0.409. The van der Waals surface area contributed by atoms with Crippen molar-refractivity contribution in [1.29, 1.82) is 0 Å². The van der Waals surface area contributed by atoms with Crippen LogP contribution in [0.25, 0.3) is 0 Å². The minimum absolute atomic E-state index is 0.0717. The Morgan fingerprint density at radius 1 is 0.967 bits per heavy atom. The summed E-state index contributed by atoms with van der Waals surface area (Å²) in [5, 5.41) is -0.719. The summed E-state index contributed by atoms with van der Waals surface area (Å²) in [6.07, 6.45) is 0. The van der Waals surface area contributed by atoms with Gasteiger partial charge >= 0.3 is 10.1 Å². The van der Waals surface area contributed by atoms with Gasteiger partial charge in [-0.3, -0.25) is 4.79 Å². The molecular weight excluding hydrogens is 409 g/mol. The number of ether oxygens (including phenoxy) is 1. The molecule has 1 amide bonds. The lowest BCUT2D eigenvalue weighted by Gasteiger charge is -2.25. The van der Waals surface area contributed by atoms with E-state index in [1.54, 1.807) is 49.1 Å². The summed E-state index contributed by atoms with van der Waals surface area (Å²) in [4.78, 5) is 14.4. The van der Waals surface area contributed by atoms with E-state index in [-0.39, 0.29) is 35.7 Å². The first kappa shape index (κ1) is 23.7. The highest BCUT2D eigenvalue weighted by atomic mass is 32.2. The largest absolute Gasteiger partial charge is 0.493 e. The fourth-order valence-corrected chi connectivity index (χ4v) is 3.29. The zero-order valence-corrected chi connectivity index (χ0v) is 18.7. The average Bonchev–Trinajstić information content (AvgIpc) is 2.68. The molecule has 0 spiro atoms. The van der Waals surface area contributed by atoms with Crippen LogP contribution in [-0.4, -0.2) is 31.6 Å². The molecule has 2 aromatic carbocycles. The van der Waals surface area contributed by atoms with Gasteiger partial charge in [-0.25, -0.2) is 4.39 Å². The quantitative estimate of drug-likeness (QED) is 0.552. The highest BCUT2D eigenvalue weighted by molar-refractivity contribution is 7.87. The molecule has 0 radical (unpaired) electrons. The van der Waals surface area contributed by atoms with E-state index in [1.807, 2.05) is 0 Å². The number of benzene rings is 2. The van der Waals surface area contributed by atoms with Gasteiger partial charge < -0.3 is 13.8 Å². The second-order valence-corrected chi connectivity index (χ2v) is 9.68. The second-order valence-electron chi connectivity index (χ2n) is 7.59. The van der Waals surface area contributed by atoms with Gasteiger partial charge in [0.2, 0.25) is 5.91 Å². The Labute approximate surface area is 177 Å². The topological polar surface area (TPSA) is 72.9 Å². The molecule has 0 atom stereocenters. The van der Waals surface area contributed by atoms with Gasteiger partial charge in [-0.2, -0.15) is 8.42 Å². The van der Waals surface area contributed by atoms with Crippen LogP contribution in [0.5, 0.6) is 11.5 Å². The maximum atomic E-state index is 13.2. The highest BCUT2D eigenvalue weighted by Gasteiger charge is 2.22. The van der Waals surface area contributed by atoms with Crippen molar-refractivity contribution in [2.75, 3.05) is 7.11 Å². The molecule has 0 saturated heterocycles. The molecule has 0 unspecified atom stereocenters. The number of halogens is 1. The number of methoxy groups -OCH3 is 1. The summed E-state index contributed by atoms with van der Waals surface area (Å²) in [6, 6.07) is 10.9. The Morgan fingerprint density at radius 3 is 2.07 bits per heavy atom. The minimum Gasteiger partial charge on any atom is -0.493 e. The Hall–Kier alpha value is -2.61. The minimum atomic E-state index is -3.81. The third-order valence-corrected chi connectivity index (χ3v) is 6.04. The van der Waals surface area contributed by atoms with Crippen LogP contribution in [0.2, 0.25) is 0 Å². The summed E-state index contributed by atoms with van der Waals surface area (Å²) < 4.78 is 48.1. The van der Waals surface area contributed by atoms with Crippen LogP contribution in [0, 0.1) is 11.7 Å². The number of amides is 1. The highest BCUT2D eigenvalue weighted by Crippen LogP contribution is 2.31. The van der Waals surface area contributed by atoms with E-state index in [4.69, 9.17) is 8.92 Å². The van der Waals surface area contributed by atoms with Crippen LogP contribution in [0.15, 0.2) is 42.5 Å². The van der Waals surface area contributed by atoms with Crippen molar-refractivity contribution >= 4 is 16.0 Å². The molecular formula is C22H28FNO5S. The zero-order valence-electron chi connectivity index (χ0n) is 17.9. The van der Waals surface area contributed by atoms with Gasteiger partial charge in [-0.15, -0.1) is 0 Å². The van der Waals surface area contributed by atoms with Crippen LogP contribution in [0.4, 0.5) is 4.39 Å². The van der Waals surface area contributed by atoms with Gasteiger partial charge in [-0.1, -0.05) is 32.0 Å². The first-order valence-corrected chi connectivity index (χ1v) is 11.1. The molecule has 2 aromatic rings. The maximum absolute atomic E-state index is 13.2. The van der Waals surface area contributed by atoms with E-state index in [9.17, 15) is 17.6 Å². The van der Waals surface area contributed by atoms with E-state index < -0.39 is 15.4 Å². The third-order valence-electron chi connectivity index (χ3n) is 4.48. The Kier molecular flexibility index (Phi) is 7.83. The van der Waals surface area contributed by atoms with Crippen molar-refractivity contribution in [3.63, 3.8) is 0 Å². The maximum Gasteiger partial charge on any atom is 0.311 e. The number of carbonyl (C=O) groups excluding carboxylic acids is 1. The van der Waals surface area contributed by atoms with Gasteiger partial charge in [0, 0.05) is 19.0 Å². The van der Waals surface area contributed by atoms with Crippen molar-refractivity contribution in [1.82, 2.24) is 4.90 Å². The molecule has 8 heteroatoms. The summed E-state index contributed by atoms with van der Waals surface area (Å²) in [5.74, 6) is -0.303. The van der Waals surface area contributed by atoms with Crippen molar-refractivity contribution in [2.24, 2.45) is 5.92 Å². The van der Waals surface area contributed by atoms with E-state index in [0.717, 1.165) is 5.56 Å². The van der Waals surface area contributed by atoms with Crippen LogP contribution >= 0.6 is 0 Å². The molecule has 0 heterocycles. The van der Waals surface area contributed by atoms with Gasteiger partial charge in [0.15, 0.2) is 11.5 Å². The van der Waals surface area contributed by atoms with Gasteiger partial charge in [0.1, 0.15) is 5.82 Å². The summed E-state index contributed by atoms with van der Waals surface area (Å²) in [5.41, 5.74) is 1.47. The number of hydrogen-bond acceptors (Lipinski definition) is 5. The van der Waals surface area contributed by atoms with E-state index in [2.05, 4.69) is 0 Å². The van der Waals surface area contributed by atoms with Crippen molar-refractivity contribution in [3.8, 4) is 11.5 Å². The van der Waals surface area contributed by atoms with Crippen LogP contribution in [0.3, 0.4) is 0 Å². The molecule has 0 aliphatic heterocycles. The monoisotopic (exact) mass is 437 g/mol. The number of nitrogens with zero attached hydrogens (tertiary/aromatic N) is 1. The van der Waals surface area contributed by atoms with E-state index in [1.165, 1.54) is 33.1 Å². The molecule has 0 aromatic heterocycles. The van der Waals surface area contributed by atoms with E-state index >= 15 is 0 Å². The van der Waals surface area contributed by atoms with Gasteiger partial charge in [-0.05, 0) is 49.2 Å². The Bertz CT molecular complexity index is 972. The molecule has 0 fully saturated rings. The zero-order chi connectivity index (χ0) is 22.5. The second kappa shape index (κ2) is 9.93. The van der Waals surface area contributed by atoms with Gasteiger partial charge in [0.05, 0.1) is 12.4 Å². The smallest absolute Gasteiger partial charge is 0.311 e. The lowest BCUT2D eigenvalue weighted by Crippen LogP contribution is -2.33. The number of hydrogen-bond donors (Lipinski definition) is 0. The van der Waals surface area contributed by atoms with Crippen molar-refractivity contribution < 1.29 is 26.5 Å². The van der Waals surface area contributed by atoms with Crippen LogP contribution < -0.4 is 8.92 Å². The molecule has 6 nitrogen and oxygen atoms in total. The lowest BCUT2D eigenvalue weighted by molar-refractivity contribution is -0.135. The van der Waals surface area contributed by atoms with Gasteiger partial charge in [0.25, 0.3) is 0 Å². The molecule has 2 rings (SSSR count). The average molecular weight is 438 g/mol. The number of rotatable bonds is 9. The SMILES string of the molecule is COc1ccc(CN(Cc2ccc(F)cc2)C(=O)C(C)C)cc1OS(=O)(=O)C(C)C. The predicted molar refractivity (Wildman–Crippen MR) is 113 cm³/mol. The Morgan fingerprint density at radius 2 is 1.53 bits per heavy atom. The molecule has 30 heavy (non-hydrogen) atoms. The summed E-state index contributed by atoms with van der Waals surface area (Å²) >= 11 is 0. The fourth-order valence-electron chi connectivity index (χ4n) is 2.71. The third kappa shape index (κ3) is 6.19. The first-order chi connectivity index (χ1) is 14.0.